The van der Waals surface area contributed by atoms with E-state index in [0.29, 0.717) is 22.2 Å². The molecule has 0 bridgehead atoms. The van der Waals surface area contributed by atoms with Crippen LogP contribution >= 0.6 is 23.2 Å². The first kappa shape index (κ1) is 26.7. The van der Waals surface area contributed by atoms with Crippen LogP contribution in [0.3, 0.4) is 0 Å². The molecule has 0 saturated carbocycles. The summed E-state index contributed by atoms with van der Waals surface area (Å²) in [6.07, 6.45) is 5.20. The molecule has 1 aromatic rings. The first-order valence-electron chi connectivity index (χ1n) is 9.24. The summed E-state index contributed by atoms with van der Waals surface area (Å²) in [7, 11) is 1.56. The molecule has 158 valence electrons. The predicted octanol–water partition coefficient (Wildman–Crippen LogP) is 7.66. The van der Waals surface area contributed by atoms with Crippen LogP contribution in [0.1, 0.15) is 41.5 Å². The van der Waals surface area contributed by atoms with Gasteiger partial charge in [0.1, 0.15) is 0 Å². The van der Waals surface area contributed by atoms with E-state index in [2.05, 4.69) is 16.6 Å². The summed E-state index contributed by atoms with van der Waals surface area (Å²) < 4.78 is 11.1. The molecule has 0 amide bonds. The van der Waals surface area contributed by atoms with Gasteiger partial charge in [-0.05, 0) is 39.8 Å². The Labute approximate surface area is 185 Å². The predicted molar refractivity (Wildman–Crippen MR) is 128 cm³/mol. The highest BCUT2D eigenvalue weighted by Crippen LogP contribution is 2.30. The van der Waals surface area contributed by atoms with Crippen LogP contribution in [0.4, 0.5) is 0 Å². The number of nitrogens with zero attached hydrogens (tertiary/aromatic N) is 2. The molecule has 0 aliphatic heterocycles. The fraction of sp³-hybridized carbons (Fsp3) is 0.304. The van der Waals surface area contributed by atoms with Gasteiger partial charge in [0.25, 0.3) is 0 Å². The van der Waals surface area contributed by atoms with Gasteiger partial charge in [-0.25, -0.2) is 4.99 Å². The Kier molecular flexibility index (Phi) is 13.5. The van der Waals surface area contributed by atoms with Crippen LogP contribution in [0.5, 0.6) is 11.5 Å². The Morgan fingerprint density at radius 3 is 2.14 bits per heavy atom. The van der Waals surface area contributed by atoms with Crippen LogP contribution in [0.2, 0.25) is 0 Å². The van der Waals surface area contributed by atoms with Crippen molar-refractivity contribution in [3.05, 3.63) is 70.8 Å². The monoisotopic (exact) mass is 436 g/mol. The lowest BCUT2D eigenvalue weighted by Gasteiger charge is -2.13. The zero-order valence-corrected chi connectivity index (χ0v) is 19.7. The Hall–Kier alpha value is -2.30. The van der Waals surface area contributed by atoms with Crippen molar-refractivity contribution in [1.29, 1.82) is 0 Å². The lowest BCUT2D eigenvalue weighted by Crippen LogP contribution is -2.07. The second kappa shape index (κ2) is 14.7. The van der Waals surface area contributed by atoms with Crippen molar-refractivity contribution in [2.45, 2.75) is 41.5 Å². The van der Waals surface area contributed by atoms with Crippen LogP contribution in [0.15, 0.2) is 80.7 Å². The summed E-state index contributed by atoms with van der Waals surface area (Å²) in [5.41, 5.74) is 2.22. The van der Waals surface area contributed by atoms with Crippen LogP contribution < -0.4 is 9.47 Å². The van der Waals surface area contributed by atoms with E-state index in [4.69, 9.17) is 32.7 Å². The molecule has 0 aliphatic rings. The summed E-state index contributed by atoms with van der Waals surface area (Å²) in [6.45, 7) is 15.4. The molecule has 29 heavy (non-hydrogen) atoms. The smallest absolute Gasteiger partial charge is 0.179 e. The van der Waals surface area contributed by atoms with Gasteiger partial charge in [0, 0.05) is 18.0 Å². The molecular weight excluding hydrogens is 407 g/mol. The maximum absolute atomic E-state index is 6.39. The van der Waals surface area contributed by atoms with Crippen molar-refractivity contribution in [2.75, 3.05) is 7.11 Å². The van der Waals surface area contributed by atoms with Crippen LogP contribution in [-0.2, 0) is 0 Å². The van der Waals surface area contributed by atoms with Gasteiger partial charge in [0.15, 0.2) is 22.4 Å². The Bertz CT molecular complexity index is 827. The van der Waals surface area contributed by atoms with Crippen LogP contribution in [-0.4, -0.2) is 18.5 Å². The highest BCUT2D eigenvalue weighted by Gasteiger charge is 2.15. The van der Waals surface area contributed by atoms with Crippen molar-refractivity contribution in [3.63, 3.8) is 0 Å². The number of hydrogen-bond donors (Lipinski definition) is 0. The number of rotatable bonds is 8. The molecule has 0 spiro atoms. The maximum atomic E-state index is 6.39. The maximum Gasteiger partial charge on any atom is 0.179 e. The van der Waals surface area contributed by atoms with Crippen LogP contribution in [0, 0.1) is 0 Å². The highest BCUT2D eigenvalue weighted by molar-refractivity contribution is 6.70. The van der Waals surface area contributed by atoms with Crippen molar-refractivity contribution in [3.8, 4) is 11.5 Å². The molecule has 0 aliphatic carbocycles. The lowest BCUT2D eigenvalue weighted by atomic mass is 10.1. The SMILES string of the molecule is C=C(N=C(Cl)/C(Oc1ccccc1OC)=C(\C)Cl)C(C=N/C=C\C)=C(C)C.CC. The highest BCUT2D eigenvalue weighted by atomic mass is 35.5. The molecule has 0 atom stereocenters. The lowest BCUT2D eigenvalue weighted by molar-refractivity contribution is 0.370. The first-order valence-corrected chi connectivity index (χ1v) is 10.00. The number of ether oxygens (including phenoxy) is 2. The van der Waals surface area contributed by atoms with Gasteiger partial charge in [-0.1, -0.05) is 67.4 Å². The standard InChI is InChI=1S/C21H24Cl2N2O2.C2H6/c1-7-12-24-13-17(14(2)3)16(5)25-21(23)20(15(4)22)27-19-11-9-8-10-18(19)26-6;1-2/h7-13H,5H2,1-4,6H3;1-2H3/b12-7-,20-15-,24-13?,25-21?;. The van der Waals surface area contributed by atoms with E-state index in [9.17, 15) is 0 Å². The number of hydrogen-bond acceptors (Lipinski definition) is 4. The van der Waals surface area contributed by atoms with E-state index in [1.54, 1.807) is 38.6 Å². The largest absolute Gasteiger partial charge is 0.493 e. The van der Waals surface area contributed by atoms with E-state index in [1.165, 1.54) is 0 Å². The Morgan fingerprint density at radius 1 is 1.07 bits per heavy atom. The van der Waals surface area contributed by atoms with Gasteiger partial charge in [0.2, 0.25) is 0 Å². The van der Waals surface area contributed by atoms with Crippen LogP contribution in [0.25, 0.3) is 0 Å². The Balaban J connectivity index is 0.00000379. The first-order chi connectivity index (χ1) is 13.8. The van der Waals surface area contributed by atoms with Gasteiger partial charge in [-0.15, -0.1) is 0 Å². The molecule has 0 N–H and O–H groups in total. The number of aliphatic imine (C=N–C) groups is 2. The normalized spacial score (nSPS) is 12.2. The molecule has 0 unspecified atom stereocenters. The minimum Gasteiger partial charge on any atom is -0.493 e. The van der Waals surface area contributed by atoms with E-state index in [0.717, 1.165) is 11.1 Å². The van der Waals surface area contributed by atoms with Gasteiger partial charge in [0.05, 0.1) is 17.8 Å². The Morgan fingerprint density at radius 2 is 1.66 bits per heavy atom. The minimum atomic E-state index is 0.0802. The molecule has 6 heteroatoms. The molecule has 0 aromatic heterocycles. The topological polar surface area (TPSA) is 43.2 Å². The quantitative estimate of drug-likeness (QED) is 0.238. The van der Waals surface area contributed by atoms with Gasteiger partial charge in [-0.2, -0.15) is 0 Å². The zero-order chi connectivity index (χ0) is 22.4. The van der Waals surface area contributed by atoms with Gasteiger partial charge in [-0.3, -0.25) is 4.99 Å². The molecule has 1 aromatic carbocycles. The second-order valence-corrected chi connectivity index (χ2v) is 6.56. The summed E-state index contributed by atoms with van der Waals surface area (Å²) in [5.74, 6) is 1.26. The number of methoxy groups -OCH3 is 1. The third-order valence-corrected chi connectivity index (χ3v) is 3.73. The molecule has 1 rings (SSSR count). The average Bonchev–Trinajstić information content (AvgIpc) is 2.70. The fourth-order valence-corrected chi connectivity index (χ4v) is 2.45. The van der Waals surface area contributed by atoms with Crippen molar-refractivity contribution >= 4 is 34.6 Å². The number of para-hydroxylation sites is 2. The van der Waals surface area contributed by atoms with Crippen molar-refractivity contribution < 1.29 is 9.47 Å². The van der Waals surface area contributed by atoms with E-state index in [1.807, 2.05) is 52.8 Å². The van der Waals surface area contributed by atoms with Gasteiger partial charge < -0.3 is 9.47 Å². The molecule has 0 heterocycles. The number of allylic oxidation sites excluding steroid dienone is 5. The summed E-state index contributed by atoms with van der Waals surface area (Å²) in [6, 6.07) is 7.19. The third-order valence-electron chi connectivity index (χ3n) is 3.30. The van der Waals surface area contributed by atoms with E-state index >= 15 is 0 Å². The second-order valence-electron chi connectivity index (χ2n) is 5.64. The molecule has 0 fully saturated rings. The van der Waals surface area contributed by atoms with Crippen molar-refractivity contribution in [1.82, 2.24) is 0 Å². The number of halogens is 2. The van der Waals surface area contributed by atoms with Gasteiger partial charge >= 0.3 is 0 Å². The average molecular weight is 437 g/mol. The van der Waals surface area contributed by atoms with E-state index in [-0.39, 0.29) is 10.9 Å². The molecule has 0 radical (unpaired) electrons. The summed E-state index contributed by atoms with van der Waals surface area (Å²) in [5, 5.41) is 0.431. The number of benzene rings is 1. The molecule has 0 saturated heterocycles. The minimum absolute atomic E-state index is 0.0802. The molecule has 4 nitrogen and oxygen atoms in total. The van der Waals surface area contributed by atoms with Crippen molar-refractivity contribution in [2.24, 2.45) is 9.98 Å². The zero-order valence-electron chi connectivity index (χ0n) is 18.2. The fourth-order valence-electron chi connectivity index (χ4n) is 1.99. The summed E-state index contributed by atoms with van der Waals surface area (Å²) in [4.78, 5) is 8.54. The van der Waals surface area contributed by atoms with E-state index < -0.39 is 0 Å². The third kappa shape index (κ3) is 9.16. The molecular formula is C23H30Cl2N2O2. The summed E-state index contributed by atoms with van der Waals surface area (Å²) >= 11 is 12.6.